The number of nitro benzene ring substituents is 1. The standard InChI is InChI=1S/C19H15BrN4O3/c20-15-7-9-16(10-8-15)23-11-3-5-17(23)13-21-22-19(25)12-14-4-1-2-6-18(14)24(26)27/h1-11,13H,12H2,(H,22,25)/b21-13+. The highest BCUT2D eigenvalue weighted by Gasteiger charge is 2.15. The van der Waals surface area contributed by atoms with Crippen LogP contribution in [0.1, 0.15) is 11.3 Å². The Kier molecular flexibility index (Phi) is 5.77. The van der Waals surface area contributed by atoms with Crippen LogP contribution < -0.4 is 5.43 Å². The van der Waals surface area contributed by atoms with Gasteiger partial charge in [0.1, 0.15) is 0 Å². The number of rotatable bonds is 6. The second kappa shape index (κ2) is 8.41. The fourth-order valence-corrected chi connectivity index (χ4v) is 2.82. The molecule has 0 unspecified atom stereocenters. The summed E-state index contributed by atoms with van der Waals surface area (Å²) < 4.78 is 2.90. The molecule has 3 rings (SSSR count). The van der Waals surface area contributed by atoms with E-state index >= 15 is 0 Å². The maximum Gasteiger partial charge on any atom is 0.273 e. The van der Waals surface area contributed by atoms with E-state index < -0.39 is 10.8 Å². The molecule has 0 saturated carbocycles. The summed E-state index contributed by atoms with van der Waals surface area (Å²) in [6.45, 7) is 0. The van der Waals surface area contributed by atoms with Crippen LogP contribution in [0.15, 0.2) is 76.4 Å². The number of hydrazone groups is 1. The molecule has 7 nitrogen and oxygen atoms in total. The van der Waals surface area contributed by atoms with Gasteiger partial charge in [-0.15, -0.1) is 0 Å². The molecule has 0 aliphatic rings. The molecule has 0 atom stereocenters. The van der Waals surface area contributed by atoms with Gasteiger partial charge in [0, 0.05) is 28.0 Å². The Morgan fingerprint density at radius 3 is 2.63 bits per heavy atom. The molecule has 1 heterocycles. The first-order chi connectivity index (χ1) is 13.0. The van der Waals surface area contributed by atoms with Gasteiger partial charge in [0.15, 0.2) is 0 Å². The summed E-state index contributed by atoms with van der Waals surface area (Å²) in [5, 5.41) is 15.0. The number of aromatic nitrogens is 1. The predicted octanol–water partition coefficient (Wildman–Crippen LogP) is 3.84. The third-order valence-electron chi connectivity index (χ3n) is 3.81. The lowest BCUT2D eigenvalue weighted by Gasteiger charge is -2.06. The van der Waals surface area contributed by atoms with Crippen LogP contribution in [-0.4, -0.2) is 21.6 Å². The van der Waals surface area contributed by atoms with Crippen molar-refractivity contribution in [2.75, 3.05) is 0 Å². The maximum atomic E-state index is 12.0. The van der Waals surface area contributed by atoms with E-state index in [9.17, 15) is 14.9 Å². The Balaban J connectivity index is 1.67. The first-order valence-electron chi connectivity index (χ1n) is 8.02. The molecule has 1 N–H and O–H groups in total. The number of carbonyl (C=O) groups is 1. The van der Waals surface area contributed by atoms with Crippen LogP contribution in [0.2, 0.25) is 0 Å². The zero-order valence-electron chi connectivity index (χ0n) is 14.1. The van der Waals surface area contributed by atoms with Crippen molar-refractivity contribution in [2.45, 2.75) is 6.42 Å². The molecule has 136 valence electrons. The van der Waals surface area contributed by atoms with E-state index in [1.165, 1.54) is 12.3 Å². The van der Waals surface area contributed by atoms with Crippen LogP contribution >= 0.6 is 15.9 Å². The minimum absolute atomic E-state index is 0.0826. The lowest BCUT2D eigenvalue weighted by molar-refractivity contribution is -0.385. The van der Waals surface area contributed by atoms with E-state index in [-0.39, 0.29) is 12.1 Å². The molecule has 8 heteroatoms. The summed E-state index contributed by atoms with van der Waals surface area (Å²) >= 11 is 3.40. The molecule has 0 aliphatic heterocycles. The molecule has 27 heavy (non-hydrogen) atoms. The quantitative estimate of drug-likeness (QED) is 0.368. The van der Waals surface area contributed by atoms with Crippen molar-refractivity contribution in [3.63, 3.8) is 0 Å². The van der Waals surface area contributed by atoms with Gasteiger partial charge in [-0.05, 0) is 36.4 Å². The van der Waals surface area contributed by atoms with Crippen LogP contribution in [0.5, 0.6) is 0 Å². The minimum Gasteiger partial charge on any atom is -0.316 e. The highest BCUT2D eigenvalue weighted by Crippen LogP contribution is 2.18. The van der Waals surface area contributed by atoms with Gasteiger partial charge >= 0.3 is 0 Å². The lowest BCUT2D eigenvalue weighted by Crippen LogP contribution is -2.20. The molecular weight excluding hydrogens is 412 g/mol. The topological polar surface area (TPSA) is 89.5 Å². The molecule has 0 aliphatic carbocycles. The second-order valence-electron chi connectivity index (χ2n) is 5.64. The van der Waals surface area contributed by atoms with E-state index in [4.69, 9.17) is 0 Å². The largest absolute Gasteiger partial charge is 0.316 e. The third kappa shape index (κ3) is 4.68. The van der Waals surface area contributed by atoms with Gasteiger partial charge < -0.3 is 4.57 Å². The molecule has 2 aromatic carbocycles. The number of halogens is 1. The van der Waals surface area contributed by atoms with Gasteiger partial charge in [0.25, 0.3) is 5.69 Å². The summed E-state index contributed by atoms with van der Waals surface area (Å²) in [5.74, 6) is -0.428. The summed E-state index contributed by atoms with van der Waals surface area (Å²) in [6.07, 6.45) is 3.29. The maximum absolute atomic E-state index is 12.0. The van der Waals surface area contributed by atoms with Gasteiger partial charge in [-0.25, -0.2) is 5.43 Å². The lowest BCUT2D eigenvalue weighted by atomic mass is 10.1. The van der Waals surface area contributed by atoms with Crippen LogP contribution in [0, 0.1) is 10.1 Å². The van der Waals surface area contributed by atoms with E-state index in [1.54, 1.807) is 18.2 Å². The molecule has 0 bridgehead atoms. The van der Waals surface area contributed by atoms with Crippen molar-refractivity contribution >= 4 is 33.7 Å². The molecular formula is C19H15BrN4O3. The van der Waals surface area contributed by atoms with Crippen molar-refractivity contribution in [2.24, 2.45) is 5.10 Å². The number of carbonyl (C=O) groups excluding carboxylic acids is 1. The van der Waals surface area contributed by atoms with Crippen LogP contribution in [0.4, 0.5) is 5.69 Å². The summed E-state index contributed by atoms with van der Waals surface area (Å²) in [4.78, 5) is 22.6. The Hall–Kier alpha value is -3.26. The first-order valence-corrected chi connectivity index (χ1v) is 8.81. The Bertz CT molecular complexity index is 996. The van der Waals surface area contributed by atoms with Crippen molar-refractivity contribution in [1.82, 2.24) is 9.99 Å². The highest BCUT2D eigenvalue weighted by molar-refractivity contribution is 9.10. The van der Waals surface area contributed by atoms with Gasteiger partial charge in [0.2, 0.25) is 5.91 Å². The summed E-state index contributed by atoms with van der Waals surface area (Å²) in [5.41, 5.74) is 4.40. The van der Waals surface area contributed by atoms with E-state index in [0.29, 0.717) is 5.56 Å². The number of hydrogen-bond donors (Lipinski definition) is 1. The molecule has 0 radical (unpaired) electrons. The Morgan fingerprint density at radius 1 is 1.15 bits per heavy atom. The predicted molar refractivity (Wildman–Crippen MR) is 106 cm³/mol. The third-order valence-corrected chi connectivity index (χ3v) is 4.34. The van der Waals surface area contributed by atoms with Crippen molar-refractivity contribution in [1.29, 1.82) is 0 Å². The molecule has 0 fully saturated rings. The van der Waals surface area contributed by atoms with Crippen LogP contribution in [-0.2, 0) is 11.2 Å². The molecule has 1 aromatic heterocycles. The van der Waals surface area contributed by atoms with Gasteiger partial charge in [-0.3, -0.25) is 14.9 Å². The van der Waals surface area contributed by atoms with Gasteiger partial charge in [-0.2, -0.15) is 5.10 Å². The first kappa shape index (κ1) is 18.5. The summed E-state index contributed by atoms with van der Waals surface area (Å²) in [7, 11) is 0. The van der Waals surface area contributed by atoms with Crippen LogP contribution in [0.3, 0.4) is 0 Å². The van der Waals surface area contributed by atoms with E-state index in [1.807, 2.05) is 47.2 Å². The monoisotopic (exact) mass is 426 g/mol. The normalized spacial score (nSPS) is 10.9. The number of hydrogen-bond acceptors (Lipinski definition) is 4. The SMILES string of the molecule is O=C(Cc1ccccc1[N+](=O)[O-])N/N=C/c1cccn1-c1ccc(Br)cc1. The highest BCUT2D eigenvalue weighted by atomic mass is 79.9. The van der Waals surface area contributed by atoms with Gasteiger partial charge in [0.05, 0.1) is 23.3 Å². The molecule has 0 saturated heterocycles. The Morgan fingerprint density at radius 2 is 1.89 bits per heavy atom. The molecule has 0 spiro atoms. The molecule has 3 aromatic rings. The average Bonchev–Trinajstić information content (AvgIpc) is 3.11. The van der Waals surface area contributed by atoms with Crippen LogP contribution in [0.25, 0.3) is 5.69 Å². The van der Waals surface area contributed by atoms with Crippen molar-refractivity contribution in [3.8, 4) is 5.69 Å². The Labute approximate surface area is 163 Å². The van der Waals surface area contributed by atoms with Gasteiger partial charge in [-0.1, -0.05) is 34.1 Å². The second-order valence-corrected chi connectivity index (χ2v) is 6.55. The number of benzene rings is 2. The molecule has 1 amide bonds. The van der Waals surface area contributed by atoms with E-state index in [0.717, 1.165) is 15.9 Å². The number of nitrogens with zero attached hydrogens (tertiary/aromatic N) is 3. The average molecular weight is 427 g/mol. The minimum atomic E-state index is -0.503. The fourth-order valence-electron chi connectivity index (χ4n) is 2.56. The smallest absolute Gasteiger partial charge is 0.273 e. The zero-order chi connectivity index (χ0) is 19.2. The fraction of sp³-hybridized carbons (Fsp3) is 0.0526. The number of nitro groups is 1. The number of nitrogens with one attached hydrogen (secondary N) is 1. The van der Waals surface area contributed by atoms with Crippen molar-refractivity contribution in [3.05, 3.63) is 92.7 Å². The number of para-hydroxylation sites is 1. The zero-order valence-corrected chi connectivity index (χ0v) is 15.7. The summed E-state index contributed by atoms with van der Waals surface area (Å²) in [6, 6.07) is 17.7. The van der Waals surface area contributed by atoms with Crippen molar-refractivity contribution < 1.29 is 9.72 Å². The number of amides is 1. The van der Waals surface area contributed by atoms with E-state index in [2.05, 4.69) is 26.5 Å².